The third kappa shape index (κ3) is 1.77. The van der Waals surface area contributed by atoms with Crippen LogP contribution in [0.4, 0.5) is 0 Å². The highest BCUT2D eigenvalue weighted by Crippen LogP contribution is 2.38. The Kier molecular flexibility index (Phi) is 2.31. The van der Waals surface area contributed by atoms with Gasteiger partial charge in [0.25, 0.3) is 0 Å². The van der Waals surface area contributed by atoms with Crippen LogP contribution in [0.3, 0.4) is 0 Å². The molecule has 17 heavy (non-hydrogen) atoms. The fourth-order valence-electron chi connectivity index (χ4n) is 2.07. The summed E-state index contributed by atoms with van der Waals surface area (Å²) < 4.78 is 6.84. The van der Waals surface area contributed by atoms with E-state index in [4.69, 9.17) is 4.74 Å². The van der Waals surface area contributed by atoms with Crippen molar-refractivity contribution in [2.75, 3.05) is 7.11 Å². The standard InChI is InChI=1S/C12H13N3O2/c1-17-12(16)6-11-14-9-7-13-5-4-10(9)15(11)8-2-3-8/h4-5,7-8H,2-3,6H2,1H3. The number of nitrogens with zero attached hydrogens (tertiary/aromatic N) is 3. The zero-order chi connectivity index (χ0) is 11.8. The third-order valence-electron chi connectivity index (χ3n) is 3.01. The summed E-state index contributed by atoms with van der Waals surface area (Å²) in [7, 11) is 1.40. The lowest BCUT2D eigenvalue weighted by atomic mass is 10.4. The summed E-state index contributed by atoms with van der Waals surface area (Å²) >= 11 is 0. The molecule has 0 unspecified atom stereocenters. The first-order chi connectivity index (χ1) is 8.29. The van der Waals surface area contributed by atoms with Gasteiger partial charge >= 0.3 is 5.97 Å². The fourth-order valence-corrected chi connectivity index (χ4v) is 2.07. The number of rotatable bonds is 3. The van der Waals surface area contributed by atoms with Crippen molar-refractivity contribution in [3.05, 3.63) is 24.3 Å². The number of methoxy groups -OCH3 is 1. The molecule has 0 aliphatic heterocycles. The van der Waals surface area contributed by atoms with Gasteiger partial charge in [-0.3, -0.25) is 9.78 Å². The second-order valence-electron chi connectivity index (χ2n) is 4.25. The van der Waals surface area contributed by atoms with Crippen molar-refractivity contribution in [1.82, 2.24) is 14.5 Å². The Morgan fingerprint density at radius 3 is 3.12 bits per heavy atom. The molecule has 0 N–H and O–H groups in total. The van der Waals surface area contributed by atoms with E-state index in [0.29, 0.717) is 6.04 Å². The van der Waals surface area contributed by atoms with Gasteiger partial charge in [0.15, 0.2) is 0 Å². The molecule has 2 aromatic heterocycles. The fraction of sp³-hybridized carbons (Fsp3) is 0.417. The Labute approximate surface area is 98.4 Å². The predicted octanol–water partition coefficient (Wildman–Crippen LogP) is 1.48. The Morgan fingerprint density at radius 1 is 1.59 bits per heavy atom. The van der Waals surface area contributed by atoms with Crippen molar-refractivity contribution in [1.29, 1.82) is 0 Å². The molecular formula is C12H13N3O2. The van der Waals surface area contributed by atoms with Crippen LogP contribution in [0.1, 0.15) is 24.7 Å². The van der Waals surface area contributed by atoms with Crippen LogP contribution in [0.15, 0.2) is 18.5 Å². The van der Waals surface area contributed by atoms with Crippen molar-refractivity contribution >= 4 is 17.0 Å². The molecule has 1 fully saturated rings. The summed E-state index contributed by atoms with van der Waals surface area (Å²) in [6, 6.07) is 2.43. The number of aromatic nitrogens is 3. The summed E-state index contributed by atoms with van der Waals surface area (Å²) in [6.45, 7) is 0. The highest BCUT2D eigenvalue weighted by molar-refractivity contribution is 5.78. The van der Waals surface area contributed by atoms with E-state index in [0.717, 1.165) is 29.7 Å². The monoisotopic (exact) mass is 231 g/mol. The number of carbonyl (C=O) groups excluding carboxylic acids is 1. The normalized spacial score (nSPS) is 15.1. The molecule has 0 atom stereocenters. The maximum Gasteiger partial charge on any atom is 0.313 e. The van der Waals surface area contributed by atoms with Gasteiger partial charge in [-0.1, -0.05) is 0 Å². The van der Waals surface area contributed by atoms with E-state index in [1.807, 2.05) is 6.07 Å². The van der Waals surface area contributed by atoms with Crippen LogP contribution in [0.25, 0.3) is 11.0 Å². The summed E-state index contributed by atoms with van der Waals surface area (Å²) in [5.74, 6) is 0.525. The Balaban J connectivity index is 2.09. The van der Waals surface area contributed by atoms with E-state index < -0.39 is 0 Å². The molecule has 2 aromatic rings. The Morgan fingerprint density at radius 2 is 2.41 bits per heavy atom. The smallest absolute Gasteiger partial charge is 0.313 e. The molecule has 2 heterocycles. The summed E-state index contributed by atoms with van der Waals surface area (Å²) in [4.78, 5) is 19.9. The SMILES string of the molecule is COC(=O)Cc1nc2cnccc2n1C1CC1. The zero-order valence-corrected chi connectivity index (χ0v) is 9.59. The van der Waals surface area contributed by atoms with E-state index in [1.54, 1.807) is 12.4 Å². The predicted molar refractivity (Wildman–Crippen MR) is 61.5 cm³/mol. The number of fused-ring (bicyclic) bond motifs is 1. The van der Waals surface area contributed by atoms with Crippen LogP contribution in [0.5, 0.6) is 0 Å². The van der Waals surface area contributed by atoms with E-state index in [9.17, 15) is 4.79 Å². The molecule has 5 heteroatoms. The minimum Gasteiger partial charge on any atom is -0.469 e. The molecule has 1 aliphatic carbocycles. The van der Waals surface area contributed by atoms with Gasteiger partial charge in [-0.25, -0.2) is 4.98 Å². The highest BCUT2D eigenvalue weighted by Gasteiger charge is 2.28. The zero-order valence-electron chi connectivity index (χ0n) is 9.59. The van der Waals surface area contributed by atoms with E-state index in [-0.39, 0.29) is 12.4 Å². The lowest BCUT2D eigenvalue weighted by Crippen LogP contribution is -2.10. The van der Waals surface area contributed by atoms with E-state index >= 15 is 0 Å². The number of hydrogen-bond donors (Lipinski definition) is 0. The maximum atomic E-state index is 11.4. The number of ether oxygens (including phenoxy) is 1. The molecule has 0 bridgehead atoms. The van der Waals surface area contributed by atoms with Crippen LogP contribution >= 0.6 is 0 Å². The van der Waals surface area contributed by atoms with Crippen molar-refractivity contribution in [3.8, 4) is 0 Å². The van der Waals surface area contributed by atoms with Gasteiger partial charge in [-0.15, -0.1) is 0 Å². The van der Waals surface area contributed by atoms with Gasteiger partial charge in [-0.2, -0.15) is 0 Å². The first kappa shape index (κ1) is 10.3. The van der Waals surface area contributed by atoms with Crippen molar-refractivity contribution in [3.63, 3.8) is 0 Å². The molecule has 3 rings (SSSR count). The second-order valence-corrected chi connectivity index (χ2v) is 4.25. The molecule has 1 aliphatic rings. The number of esters is 1. The summed E-state index contributed by atoms with van der Waals surface area (Å²) in [5.41, 5.74) is 1.90. The van der Waals surface area contributed by atoms with Gasteiger partial charge in [0.1, 0.15) is 17.8 Å². The molecule has 1 saturated carbocycles. The average Bonchev–Trinajstić information content (AvgIpc) is 3.11. The van der Waals surface area contributed by atoms with Gasteiger partial charge in [-0.05, 0) is 18.9 Å². The number of hydrogen-bond acceptors (Lipinski definition) is 4. The summed E-state index contributed by atoms with van der Waals surface area (Å²) in [5, 5.41) is 0. The first-order valence-corrected chi connectivity index (χ1v) is 5.67. The van der Waals surface area contributed by atoms with E-state index in [2.05, 4.69) is 14.5 Å². The Bertz CT molecular complexity index is 572. The largest absolute Gasteiger partial charge is 0.469 e. The molecule has 0 saturated heterocycles. The average molecular weight is 231 g/mol. The van der Waals surface area contributed by atoms with Crippen LogP contribution in [-0.4, -0.2) is 27.6 Å². The third-order valence-corrected chi connectivity index (χ3v) is 3.01. The van der Waals surface area contributed by atoms with E-state index in [1.165, 1.54) is 7.11 Å². The number of pyridine rings is 1. The molecule has 5 nitrogen and oxygen atoms in total. The van der Waals surface area contributed by atoms with Crippen LogP contribution < -0.4 is 0 Å². The molecule has 0 radical (unpaired) electrons. The lowest BCUT2D eigenvalue weighted by Gasteiger charge is -2.06. The van der Waals surface area contributed by atoms with Crippen molar-refractivity contribution in [2.24, 2.45) is 0 Å². The summed E-state index contributed by atoms with van der Waals surface area (Å²) in [6.07, 6.45) is 6.02. The van der Waals surface area contributed by atoms with Crippen molar-refractivity contribution in [2.45, 2.75) is 25.3 Å². The molecule has 0 aromatic carbocycles. The number of carbonyl (C=O) groups is 1. The van der Waals surface area contributed by atoms with Crippen molar-refractivity contribution < 1.29 is 9.53 Å². The molecule has 88 valence electrons. The molecule has 0 amide bonds. The lowest BCUT2D eigenvalue weighted by molar-refractivity contribution is -0.139. The van der Waals surface area contributed by atoms with Crippen LogP contribution in [0, 0.1) is 0 Å². The number of imidazole rings is 1. The second kappa shape index (κ2) is 3.84. The first-order valence-electron chi connectivity index (χ1n) is 5.67. The molecular weight excluding hydrogens is 218 g/mol. The van der Waals surface area contributed by atoms with Crippen LogP contribution in [0.2, 0.25) is 0 Å². The van der Waals surface area contributed by atoms with Gasteiger partial charge in [0.2, 0.25) is 0 Å². The maximum absolute atomic E-state index is 11.4. The minimum absolute atomic E-state index is 0.224. The van der Waals surface area contributed by atoms with Gasteiger partial charge < -0.3 is 9.30 Å². The van der Waals surface area contributed by atoms with Crippen LogP contribution in [-0.2, 0) is 16.0 Å². The topological polar surface area (TPSA) is 57.0 Å². The Hall–Kier alpha value is -1.91. The van der Waals surface area contributed by atoms with Gasteiger partial charge in [0.05, 0.1) is 18.8 Å². The highest BCUT2D eigenvalue weighted by atomic mass is 16.5. The molecule has 0 spiro atoms. The minimum atomic E-state index is -0.254. The van der Waals surface area contributed by atoms with Gasteiger partial charge in [0, 0.05) is 12.2 Å². The quantitative estimate of drug-likeness (QED) is 0.751.